The topological polar surface area (TPSA) is 32.8 Å². The van der Waals surface area contributed by atoms with Gasteiger partial charge in [0.05, 0.1) is 0 Å². The molecule has 0 saturated heterocycles. The van der Waals surface area contributed by atoms with Crippen molar-refractivity contribution in [2.75, 3.05) is 13.1 Å². The van der Waals surface area contributed by atoms with E-state index in [-0.39, 0.29) is 6.09 Å². The molecule has 4 heteroatoms. The number of hydrazine groups is 1. The summed E-state index contributed by atoms with van der Waals surface area (Å²) in [7, 11) is 0. The quantitative estimate of drug-likeness (QED) is 0.869. The third-order valence-electron chi connectivity index (χ3n) is 3.91. The van der Waals surface area contributed by atoms with Crippen LogP contribution < -0.4 is 4.74 Å². The average molecular weight is 296 g/mol. The monoisotopic (exact) mass is 296 g/mol. The normalized spacial score (nSPS) is 14.2. The van der Waals surface area contributed by atoms with Gasteiger partial charge in [-0.05, 0) is 36.6 Å². The van der Waals surface area contributed by atoms with Gasteiger partial charge in [0.1, 0.15) is 5.75 Å². The summed E-state index contributed by atoms with van der Waals surface area (Å²) in [5.41, 5.74) is 2.64. The number of ether oxygens (including phenoxy) is 1. The van der Waals surface area contributed by atoms with E-state index in [1.807, 2.05) is 31.2 Å². The second kappa shape index (κ2) is 6.62. The van der Waals surface area contributed by atoms with Gasteiger partial charge in [0, 0.05) is 19.6 Å². The molecule has 0 bridgehead atoms. The number of fused-ring (bicyclic) bond motifs is 1. The molecule has 0 saturated carbocycles. The highest BCUT2D eigenvalue weighted by Gasteiger charge is 2.25. The van der Waals surface area contributed by atoms with Crippen LogP contribution in [-0.2, 0) is 13.0 Å². The van der Waals surface area contributed by atoms with Crippen LogP contribution in [0.5, 0.6) is 5.75 Å². The molecule has 1 heterocycles. The first-order valence-electron chi connectivity index (χ1n) is 7.64. The van der Waals surface area contributed by atoms with E-state index >= 15 is 0 Å². The lowest BCUT2D eigenvalue weighted by molar-refractivity contribution is -0.0127. The van der Waals surface area contributed by atoms with Crippen molar-refractivity contribution >= 4 is 6.09 Å². The van der Waals surface area contributed by atoms with Crippen molar-refractivity contribution in [3.8, 4) is 5.75 Å². The molecule has 1 aliphatic heterocycles. The molecule has 2 aromatic carbocycles. The molecule has 0 N–H and O–H groups in total. The summed E-state index contributed by atoms with van der Waals surface area (Å²) >= 11 is 0. The maximum Gasteiger partial charge on any atom is 0.429 e. The minimum atomic E-state index is -0.326. The zero-order valence-electron chi connectivity index (χ0n) is 12.7. The van der Waals surface area contributed by atoms with Crippen molar-refractivity contribution in [3.05, 3.63) is 65.7 Å². The van der Waals surface area contributed by atoms with E-state index in [4.69, 9.17) is 4.74 Å². The van der Waals surface area contributed by atoms with Crippen LogP contribution in [0.4, 0.5) is 4.79 Å². The molecule has 0 radical (unpaired) electrons. The third kappa shape index (κ3) is 3.12. The molecule has 0 aromatic heterocycles. The SMILES string of the molecule is CCN(C(=O)Oc1ccccc1)N1CCc2ccccc2C1. The number of hydrogen-bond acceptors (Lipinski definition) is 3. The van der Waals surface area contributed by atoms with Gasteiger partial charge >= 0.3 is 6.09 Å². The van der Waals surface area contributed by atoms with E-state index in [2.05, 4.69) is 23.2 Å². The van der Waals surface area contributed by atoms with Gasteiger partial charge in [0.15, 0.2) is 0 Å². The molecule has 0 unspecified atom stereocenters. The number of benzene rings is 2. The van der Waals surface area contributed by atoms with Crippen LogP contribution >= 0.6 is 0 Å². The van der Waals surface area contributed by atoms with E-state index < -0.39 is 0 Å². The van der Waals surface area contributed by atoms with Crippen molar-refractivity contribution < 1.29 is 9.53 Å². The van der Waals surface area contributed by atoms with Crippen molar-refractivity contribution in [3.63, 3.8) is 0 Å². The van der Waals surface area contributed by atoms with Gasteiger partial charge in [0.2, 0.25) is 0 Å². The van der Waals surface area contributed by atoms with E-state index in [9.17, 15) is 4.79 Å². The number of para-hydroxylation sites is 1. The van der Waals surface area contributed by atoms with Gasteiger partial charge in [-0.25, -0.2) is 14.8 Å². The highest BCUT2D eigenvalue weighted by molar-refractivity contribution is 5.70. The summed E-state index contributed by atoms with van der Waals surface area (Å²) in [6.07, 6.45) is 0.624. The molecule has 0 spiro atoms. The number of amides is 1. The maximum absolute atomic E-state index is 12.4. The second-order valence-electron chi connectivity index (χ2n) is 5.30. The molecule has 1 aliphatic rings. The Labute approximate surface area is 130 Å². The Morgan fingerprint density at radius 1 is 1.09 bits per heavy atom. The molecule has 0 fully saturated rings. The molecule has 3 rings (SSSR count). The largest absolute Gasteiger partial charge is 0.429 e. The van der Waals surface area contributed by atoms with Crippen molar-refractivity contribution in [2.24, 2.45) is 0 Å². The Morgan fingerprint density at radius 2 is 1.77 bits per heavy atom. The fourth-order valence-corrected chi connectivity index (χ4v) is 2.77. The van der Waals surface area contributed by atoms with Gasteiger partial charge in [-0.1, -0.05) is 42.5 Å². The van der Waals surface area contributed by atoms with Crippen LogP contribution in [-0.4, -0.2) is 29.2 Å². The van der Waals surface area contributed by atoms with Gasteiger partial charge in [-0.3, -0.25) is 0 Å². The van der Waals surface area contributed by atoms with E-state index in [0.29, 0.717) is 12.3 Å². The van der Waals surface area contributed by atoms with E-state index in [1.165, 1.54) is 11.1 Å². The van der Waals surface area contributed by atoms with Crippen molar-refractivity contribution in [1.82, 2.24) is 10.0 Å². The molecule has 4 nitrogen and oxygen atoms in total. The Balaban J connectivity index is 1.71. The van der Waals surface area contributed by atoms with Crippen LogP contribution in [0, 0.1) is 0 Å². The zero-order valence-corrected chi connectivity index (χ0v) is 12.7. The third-order valence-corrected chi connectivity index (χ3v) is 3.91. The van der Waals surface area contributed by atoms with Crippen LogP contribution in [0.3, 0.4) is 0 Å². The lowest BCUT2D eigenvalue weighted by atomic mass is 10.0. The standard InChI is InChI=1S/C18H20N2O2/c1-2-20(18(21)22-17-10-4-3-5-11-17)19-13-12-15-8-6-7-9-16(15)14-19/h3-11H,2,12-14H2,1H3. The minimum Gasteiger partial charge on any atom is -0.409 e. The minimum absolute atomic E-state index is 0.326. The number of rotatable bonds is 3. The molecule has 22 heavy (non-hydrogen) atoms. The Kier molecular flexibility index (Phi) is 4.39. The lowest BCUT2D eigenvalue weighted by Gasteiger charge is -2.36. The maximum atomic E-state index is 12.4. The Hall–Kier alpha value is -2.33. The molecule has 0 aliphatic carbocycles. The van der Waals surface area contributed by atoms with Crippen molar-refractivity contribution in [2.45, 2.75) is 19.9 Å². The summed E-state index contributed by atoms with van der Waals surface area (Å²) < 4.78 is 5.45. The molecular formula is C18H20N2O2. The number of hydrogen-bond donors (Lipinski definition) is 0. The first-order valence-corrected chi connectivity index (χ1v) is 7.64. The lowest BCUT2D eigenvalue weighted by Crippen LogP contribution is -2.49. The van der Waals surface area contributed by atoms with Crippen LogP contribution in [0.1, 0.15) is 18.1 Å². The van der Waals surface area contributed by atoms with Crippen LogP contribution in [0.15, 0.2) is 54.6 Å². The first kappa shape index (κ1) is 14.6. The summed E-state index contributed by atoms with van der Waals surface area (Å²) in [4.78, 5) is 12.4. The number of nitrogens with zero attached hydrogens (tertiary/aromatic N) is 2. The van der Waals surface area contributed by atoms with Gasteiger partial charge in [-0.15, -0.1) is 0 Å². The fourth-order valence-electron chi connectivity index (χ4n) is 2.77. The number of carbonyl (C=O) groups is 1. The predicted octanol–water partition coefficient (Wildman–Crippen LogP) is 3.48. The Morgan fingerprint density at radius 3 is 2.50 bits per heavy atom. The average Bonchev–Trinajstić information content (AvgIpc) is 2.56. The molecule has 114 valence electrons. The van der Waals surface area contributed by atoms with Crippen LogP contribution in [0.25, 0.3) is 0 Å². The molecular weight excluding hydrogens is 276 g/mol. The molecule has 2 aromatic rings. The molecule has 0 atom stereocenters. The van der Waals surface area contributed by atoms with Crippen molar-refractivity contribution in [1.29, 1.82) is 0 Å². The first-order chi connectivity index (χ1) is 10.8. The summed E-state index contributed by atoms with van der Waals surface area (Å²) in [5.74, 6) is 0.573. The zero-order chi connectivity index (χ0) is 15.4. The van der Waals surface area contributed by atoms with E-state index in [0.717, 1.165) is 19.5 Å². The molecule has 1 amide bonds. The summed E-state index contributed by atoms with van der Waals surface area (Å²) in [6, 6.07) is 17.6. The summed E-state index contributed by atoms with van der Waals surface area (Å²) in [6.45, 7) is 4.13. The summed E-state index contributed by atoms with van der Waals surface area (Å²) in [5, 5.41) is 3.75. The highest BCUT2D eigenvalue weighted by atomic mass is 16.6. The Bertz CT molecular complexity index is 643. The second-order valence-corrected chi connectivity index (χ2v) is 5.30. The van der Waals surface area contributed by atoms with Gasteiger partial charge in [-0.2, -0.15) is 0 Å². The fraction of sp³-hybridized carbons (Fsp3) is 0.278. The predicted molar refractivity (Wildman–Crippen MR) is 85.4 cm³/mol. The van der Waals surface area contributed by atoms with E-state index in [1.54, 1.807) is 17.1 Å². The van der Waals surface area contributed by atoms with Crippen LogP contribution in [0.2, 0.25) is 0 Å². The van der Waals surface area contributed by atoms with Gasteiger partial charge < -0.3 is 4.74 Å². The highest BCUT2D eigenvalue weighted by Crippen LogP contribution is 2.21. The smallest absolute Gasteiger partial charge is 0.409 e. The number of carbonyl (C=O) groups excluding carboxylic acids is 1. The van der Waals surface area contributed by atoms with Gasteiger partial charge in [0.25, 0.3) is 0 Å².